The molecular weight excluding hydrogens is 530 g/mol. The fourth-order valence-corrected chi connectivity index (χ4v) is 6.56. The highest BCUT2D eigenvalue weighted by molar-refractivity contribution is 7.12. The Morgan fingerprint density at radius 3 is 2.55 bits per heavy atom. The lowest BCUT2D eigenvalue weighted by atomic mass is 9.87. The van der Waals surface area contributed by atoms with Crippen molar-refractivity contribution >= 4 is 40.7 Å². The third-order valence-corrected chi connectivity index (χ3v) is 9.45. The van der Waals surface area contributed by atoms with Gasteiger partial charge in [0.05, 0.1) is 11.7 Å². The first-order valence-corrected chi connectivity index (χ1v) is 14.9. The van der Waals surface area contributed by atoms with Crippen LogP contribution in [0.25, 0.3) is 11.3 Å². The fourth-order valence-electron chi connectivity index (χ4n) is 5.78. The number of carbonyl (C=O) groups excluding carboxylic acids is 5. The summed E-state index contributed by atoms with van der Waals surface area (Å²) in [6.07, 6.45) is 5.55. The van der Waals surface area contributed by atoms with E-state index in [4.69, 9.17) is 0 Å². The molecule has 4 amide bonds. The zero-order valence-electron chi connectivity index (χ0n) is 22.2. The minimum absolute atomic E-state index is 0.0113. The van der Waals surface area contributed by atoms with Crippen LogP contribution in [0, 0.1) is 11.3 Å². The van der Waals surface area contributed by atoms with E-state index in [0.29, 0.717) is 36.6 Å². The molecule has 1 aromatic carbocycles. The van der Waals surface area contributed by atoms with Crippen molar-refractivity contribution in [2.45, 2.75) is 69.5 Å². The predicted molar refractivity (Wildman–Crippen MR) is 147 cm³/mol. The van der Waals surface area contributed by atoms with Crippen molar-refractivity contribution in [3.63, 3.8) is 0 Å². The highest BCUT2D eigenvalue weighted by Crippen LogP contribution is 2.55. The first-order valence-electron chi connectivity index (χ1n) is 14.1. The number of likely N-dealkylation sites (tertiary alicyclic amines) is 1. The quantitative estimate of drug-likeness (QED) is 0.400. The van der Waals surface area contributed by atoms with E-state index in [9.17, 15) is 24.0 Å². The smallest absolute Gasteiger partial charge is 0.289 e. The van der Waals surface area contributed by atoms with E-state index in [1.807, 2.05) is 35.7 Å². The van der Waals surface area contributed by atoms with Crippen LogP contribution in [-0.2, 0) is 19.2 Å². The summed E-state index contributed by atoms with van der Waals surface area (Å²) in [6.45, 7) is 0.918. The average Bonchev–Trinajstić information content (AvgIpc) is 3.84. The molecule has 4 aliphatic rings. The first-order chi connectivity index (χ1) is 19.3. The van der Waals surface area contributed by atoms with Gasteiger partial charge in [0, 0.05) is 36.0 Å². The second-order valence-electron chi connectivity index (χ2n) is 11.6. The molecule has 0 radical (unpaired) electrons. The van der Waals surface area contributed by atoms with E-state index in [1.165, 1.54) is 11.3 Å². The Hall–Kier alpha value is -3.60. The summed E-state index contributed by atoms with van der Waals surface area (Å²) in [5.74, 6) is -2.91. The van der Waals surface area contributed by atoms with Crippen molar-refractivity contribution in [2.24, 2.45) is 11.3 Å². The fraction of sp³-hybridized carbons (Fsp3) is 0.517. The van der Waals surface area contributed by atoms with E-state index in [1.54, 1.807) is 4.90 Å². The highest BCUT2D eigenvalue weighted by Gasteiger charge is 2.51. The normalized spacial score (nSPS) is 23.8. The number of thiazole rings is 1. The molecule has 1 aromatic heterocycles. The maximum absolute atomic E-state index is 13.8. The molecule has 0 bridgehead atoms. The summed E-state index contributed by atoms with van der Waals surface area (Å²) in [6, 6.07) is 7.66. The molecule has 2 aromatic rings. The number of carbonyl (C=O) groups is 5. The zero-order chi connectivity index (χ0) is 27.9. The minimum atomic E-state index is -1.14. The number of rotatable bonds is 9. The van der Waals surface area contributed by atoms with Crippen molar-refractivity contribution in [1.29, 1.82) is 0 Å². The zero-order valence-corrected chi connectivity index (χ0v) is 23.0. The van der Waals surface area contributed by atoms with E-state index in [2.05, 4.69) is 20.9 Å². The number of benzene rings is 1. The Morgan fingerprint density at radius 2 is 1.88 bits per heavy atom. The number of amides is 4. The number of nitrogens with zero attached hydrogens (tertiary/aromatic N) is 2. The molecule has 3 atom stereocenters. The summed E-state index contributed by atoms with van der Waals surface area (Å²) in [5.41, 5.74) is 1.64. The van der Waals surface area contributed by atoms with Gasteiger partial charge >= 0.3 is 0 Å². The summed E-state index contributed by atoms with van der Waals surface area (Å²) in [4.78, 5) is 71.7. The Kier molecular flexibility index (Phi) is 7.16. The van der Waals surface area contributed by atoms with Crippen LogP contribution in [0.15, 0.2) is 35.7 Å². The molecule has 4 fully saturated rings. The molecule has 6 rings (SSSR count). The van der Waals surface area contributed by atoms with Gasteiger partial charge in [-0.3, -0.25) is 24.0 Å². The Labute approximate surface area is 236 Å². The largest absolute Gasteiger partial charge is 0.356 e. The van der Waals surface area contributed by atoms with Crippen LogP contribution in [0.3, 0.4) is 0 Å². The SMILES string of the molecule is O=C(NC1CC1)C(=O)C(CC1CCNC1=O)NC(=O)C1CC2(CCN1C(=O)c1nc(-c3ccccc3)cs1)CC2. The van der Waals surface area contributed by atoms with Gasteiger partial charge in [-0.05, 0) is 56.8 Å². The molecule has 2 aliphatic carbocycles. The van der Waals surface area contributed by atoms with Gasteiger partial charge in [-0.25, -0.2) is 4.98 Å². The maximum Gasteiger partial charge on any atom is 0.289 e. The standard InChI is InChI=1S/C29H33N5O5S/c35-23(26(38)31-19-6-7-19)20(14-18-8-12-30-24(18)36)32-25(37)22-15-29(9-10-29)11-13-34(22)28(39)27-33-21(16-40-27)17-4-2-1-3-5-17/h1-5,16,18-20,22H,6-15H2,(H,30,36)(H,31,38)(H,32,37). The third kappa shape index (κ3) is 5.65. The number of hydrogen-bond acceptors (Lipinski definition) is 7. The molecule has 40 heavy (non-hydrogen) atoms. The van der Waals surface area contributed by atoms with Gasteiger partial charge in [0.25, 0.3) is 11.8 Å². The van der Waals surface area contributed by atoms with Crippen LogP contribution in [0.5, 0.6) is 0 Å². The molecule has 3 heterocycles. The number of ketones is 1. The van der Waals surface area contributed by atoms with Gasteiger partial charge in [0.1, 0.15) is 6.04 Å². The lowest BCUT2D eigenvalue weighted by Gasteiger charge is -2.39. The number of aromatic nitrogens is 1. The topological polar surface area (TPSA) is 138 Å². The van der Waals surface area contributed by atoms with Crippen LogP contribution < -0.4 is 16.0 Å². The molecule has 1 spiro atoms. The van der Waals surface area contributed by atoms with E-state index in [0.717, 1.165) is 37.7 Å². The number of nitrogens with one attached hydrogen (secondary N) is 3. The average molecular weight is 564 g/mol. The van der Waals surface area contributed by atoms with Crippen LogP contribution in [0.4, 0.5) is 0 Å². The van der Waals surface area contributed by atoms with Crippen molar-refractivity contribution in [3.05, 3.63) is 40.7 Å². The summed E-state index contributed by atoms with van der Waals surface area (Å²) in [5, 5.41) is 10.4. The van der Waals surface area contributed by atoms with Gasteiger partial charge < -0.3 is 20.9 Å². The molecule has 2 saturated heterocycles. The van der Waals surface area contributed by atoms with E-state index >= 15 is 0 Å². The number of Topliss-reactive ketones (excluding diaryl/α,β-unsaturated/α-hetero) is 1. The molecule has 2 aliphatic heterocycles. The molecule has 11 heteroatoms. The van der Waals surface area contributed by atoms with Crippen LogP contribution in [0.1, 0.15) is 61.2 Å². The van der Waals surface area contributed by atoms with Crippen molar-refractivity contribution in [1.82, 2.24) is 25.8 Å². The number of hydrogen-bond donors (Lipinski definition) is 3. The lowest BCUT2D eigenvalue weighted by molar-refractivity contribution is -0.141. The second-order valence-corrected chi connectivity index (χ2v) is 12.4. The predicted octanol–water partition coefficient (Wildman–Crippen LogP) is 2.05. The molecule has 10 nitrogen and oxygen atoms in total. The monoisotopic (exact) mass is 563 g/mol. The molecule has 210 valence electrons. The van der Waals surface area contributed by atoms with Gasteiger partial charge in [0.2, 0.25) is 17.6 Å². The van der Waals surface area contributed by atoms with Crippen LogP contribution in [-0.4, -0.2) is 70.5 Å². The molecule has 3 unspecified atom stereocenters. The molecule has 3 N–H and O–H groups in total. The third-order valence-electron chi connectivity index (χ3n) is 8.62. The van der Waals surface area contributed by atoms with E-state index in [-0.39, 0.29) is 29.7 Å². The lowest BCUT2D eigenvalue weighted by Crippen LogP contribution is -2.58. The van der Waals surface area contributed by atoms with E-state index < -0.39 is 35.6 Å². The van der Waals surface area contributed by atoms with Gasteiger partial charge in [0.15, 0.2) is 5.01 Å². The van der Waals surface area contributed by atoms with Crippen molar-refractivity contribution < 1.29 is 24.0 Å². The maximum atomic E-state index is 13.8. The minimum Gasteiger partial charge on any atom is -0.356 e. The molecule has 2 saturated carbocycles. The first kappa shape index (κ1) is 26.6. The Morgan fingerprint density at radius 1 is 1.10 bits per heavy atom. The van der Waals surface area contributed by atoms with Crippen molar-refractivity contribution in [2.75, 3.05) is 13.1 Å². The second kappa shape index (κ2) is 10.8. The summed E-state index contributed by atoms with van der Waals surface area (Å²) in [7, 11) is 0. The van der Waals surface area contributed by atoms with Crippen LogP contribution in [0.2, 0.25) is 0 Å². The Balaban J connectivity index is 1.21. The van der Waals surface area contributed by atoms with Gasteiger partial charge in [-0.15, -0.1) is 11.3 Å². The van der Waals surface area contributed by atoms with Crippen LogP contribution >= 0.6 is 11.3 Å². The summed E-state index contributed by atoms with van der Waals surface area (Å²) >= 11 is 1.25. The Bertz CT molecular complexity index is 1340. The number of piperidine rings is 1. The van der Waals surface area contributed by atoms with Gasteiger partial charge in [-0.2, -0.15) is 0 Å². The van der Waals surface area contributed by atoms with Crippen molar-refractivity contribution in [3.8, 4) is 11.3 Å². The molecular formula is C29H33N5O5S. The highest BCUT2D eigenvalue weighted by atomic mass is 32.1. The summed E-state index contributed by atoms with van der Waals surface area (Å²) < 4.78 is 0. The van der Waals surface area contributed by atoms with Gasteiger partial charge in [-0.1, -0.05) is 30.3 Å².